The first-order chi connectivity index (χ1) is 22.6. The van der Waals surface area contributed by atoms with Gasteiger partial charge in [-0.3, -0.25) is 9.36 Å². The Morgan fingerprint density at radius 1 is 1.06 bits per heavy atom. The summed E-state index contributed by atoms with van der Waals surface area (Å²) in [6.45, 7) is 6.21. The second kappa shape index (κ2) is 15.3. The van der Waals surface area contributed by atoms with Crippen LogP contribution in [0.5, 0.6) is 23.0 Å². The molecule has 3 aromatic carbocycles. The third kappa shape index (κ3) is 7.25. The molecule has 0 amide bonds. The lowest BCUT2D eigenvalue weighted by Gasteiger charge is -2.26. The van der Waals surface area contributed by atoms with Crippen molar-refractivity contribution < 1.29 is 28.5 Å². The normalized spacial score (nSPS) is 14.4. The fourth-order valence-corrected chi connectivity index (χ4v) is 7.71. The Morgan fingerprint density at radius 3 is 2.49 bits per heavy atom. The van der Waals surface area contributed by atoms with E-state index in [0.717, 1.165) is 14.7 Å². The predicted molar refractivity (Wildman–Crippen MR) is 194 cm³/mol. The van der Waals surface area contributed by atoms with Gasteiger partial charge in [-0.05, 0) is 90.9 Å². The Morgan fingerprint density at radius 2 is 1.81 bits per heavy atom. The monoisotopic (exact) mass is 852 g/mol. The van der Waals surface area contributed by atoms with Crippen molar-refractivity contribution in [3.05, 3.63) is 109 Å². The number of methoxy groups -OCH3 is 2. The van der Waals surface area contributed by atoms with Gasteiger partial charge in [0.15, 0.2) is 27.8 Å². The Hall–Kier alpha value is -3.33. The van der Waals surface area contributed by atoms with E-state index in [1.54, 1.807) is 39.2 Å². The molecule has 47 heavy (non-hydrogen) atoms. The van der Waals surface area contributed by atoms with Gasteiger partial charge in [0.25, 0.3) is 5.56 Å². The van der Waals surface area contributed by atoms with Crippen molar-refractivity contribution in [1.82, 2.24) is 4.57 Å². The maximum absolute atomic E-state index is 14.2. The Kier molecular flexibility index (Phi) is 11.4. The summed E-state index contributed by atoms with van der Waals surface area (Å²) in [4.78, 5) is 32.7. The molecular formula is C34H31BrClIN2O7S. The zero-order chi connectivity index (χ0) is 33.8. The van der Waals surface area contributed by atoms with Crippen molar-refractivity contribution in [3.8, 4) is 23.0 Å². The van der Waals surface area contributed by atoms with Crippen molar-refractivity contribution in [1.29, 1.82) is 0 Å². The van der Waals surface area contributed by atoms with Gasteiger partial charge < -0.3 is 23.7 Å². The van der Waals surface area contributed by atoms with Crippen molar-refractivity contribution in [2.45, 2.75) is 33.4 Å². The van der Waals surface area contributed by atoms with Crippen LogP contribution in [0.3, 0.4) is 0 Å². The largest absolute Gasteiger partial charge is 0.493 e. The number of fused-ring (bicyclic) bond motifs is 1. The molecule has 0 spiro atoms. The van der Waals surface area contributed by atoms with Crippen LogP contribution in [0, 0.1) is 3.57 Å². The fourth-order valence-electron chi connectivity index (χ4n) is 5.15. The lowest BCUT2D eigenvalue weighted by atomic mass is 9.95. The van der Waals surface area contributed by atoms with Gasteiger partial charge in [0, 0.05) is 15.1 Å². The molecule has 0 bridgehead atoms. The number of carbonyl (C=O) groups excluding carboxylic acids is 1. The van der Waals surface area contributed by atoms with Crippen LogP contribution in [-0.2, 0) is 16.1 Å². The third-order valence-corrected chi connectivity index (χ3v) is 10.1. The molecular weight excluding hydrogens is 823 g/mol. The van der Waals surface area contributed by atoms with E-state index in [-0.39, 0.29) is 24.3 Å². The summed E-state index contributed by atoms with van der Waals surface area (Å²) in [5.41, 5.74) is 2.59. The molecule has 9 nitrogen and oxygen atoms in total. The average molecular weight is 854 g/mol. The maximum Gasteiger partial charge on any atom is 0.338 e. The highest BCUT2D eigenvalue weighted by atomic mass is 127. The molecule has 1 aliphatic rings. The van der Waals surface area contributed by atoms with Crippen LogP contribution >= 0.6 is 61.5 Å². The summed E-state index contributed by atoms with van der Waals surface area (Å²) in [7, 11) is 3.10. The molecule has 0 saturated carbocycles. The van der Waals surface area contributed by atoms with Gasteiger partial charge in [-0.1, -0.05) is 57.1 Å². The van der Waals surface area contributed by atoms with Crippen LogP contribution in [0.25, 0.3) is 6.08 Å². The van der Waals surface area contributed by atoms with Crippen LogP contribution < -0.4 is 33.8 Å². The third-order valence-electron chi connectivity index (χ3n) is 7.27. The standard InChI is InChI=1S/C34H31BrClIN2O7S/c1-6-44-26-16-22(35)21(15-25(26)42-4)30-29(33(41)45-7-2)18(3)38-34-39(30)32(40)28(47-34)14-19-12-24(37)31(27(13-19)43-5)46-17-20-10-8-9-11-23(20)36/h8-16,30H,6-7,17H2,1-5H3/b28-14+/t30-/m1/s1. The molecule has 1 aromatic heterocycles. The van der Waals surface area contributed by atoms with Gasteiger partial charge in [0.2, 0.25) is 0 Å². The van der Waals surface area contributed by atoms with Gasteiger partial charge in [-0.15, -0.1) is 0 Å². The molecule has 0 saturated heterocycles. The van der Waals surface area contributed by atoms with E-state index >= 15 is 0 Å². The molecule has 0 aliphatic carbocycles. The number of hydrogen-bond acceptors (Lipinski definition) is 9. The zero-order valence-electron chi connectivity index (χ0n) is 26.2. The number of thiazole rings is 1. The van der Waals surface area contributed by atoms with Crippen molar-refractivity contribution in [2.24, 2.45) is 4.99 Å². The van der Waals surface area contributed by atoms with E-state index in [4.69, 9.17) is 35.3 Å². The second-order valence-electron chi connectivity index (χ2n) is 10.2. The van der Waals surface area contributed by atoms with Gasteiger partial charge in [0.1, 0.15) is 6.61 Å². The van der Waals surface area contributed by atoms with Crippen LogP contribution in [-0.4, -0.2) is 38.0 Å². The fraction of sp³-hybridized carbons (Fsp3) is 0.265. The number of nitrogens with zero attached hydrogens (tertiary/aromatic N) is 2. The Bertz CT molecular complexity index is 2060. The van der Waals surface area contributed by atoms with Gasteiger partial charge >= 0.3 is 5.97 Å². The minimum atomic E-state index is -0.846. The predicted octanol–water partition coefficient (Wildman–Crippen LogP) is 6.81. The van der Waals surface area contributed by atoms with Crippen molar-refractivity contribution in [2.75, 3.05) is 27.4 Å². The van der Waals surface area contributed by atoms with E-state index < -0.39 is 12.0 Å². The molecule has 0 N–H and O–H groups in total. The van der Waals surface area contributed by atoms with E-state index in [1.807, 2.05) is 43.3 Å². The molecule has 5 rings (SSSR count). The maximum atomic E-state index is 14.2. The summed E-state index contributed by atoms with van der Waals surface area (Å²) in [5.74, 6) is 1.50. The molecule has 246 valence electrons. The molecule has 4 aromatic rings. The molecule has 0 unspecified atom stereocenters. The molecule has 0 fully saturated rings. The minimum Gasteiger partial charge on any atom is -0.493 e. The van der Waals surface area contributed by atoms with Crippen LogP contribution in [0.1, 0.15) is 43.5 Å². The number of aromatic nitrogens is 1. The lowest BCUT2D eigenvalue weighted by molar-refractivity contribution is -0.139. The van der Waals surface area contributed by atoms with Crippen LogP contribution in [0.2, 0.25) is 5.02 Å². The van der Waals surface area contributed by atoms with E-state index in [2.05, 4.69) is 43.5 Å². The highest BCUT2D eigenvalue weighted by Crippen LogP contribution is 2.41. The minimum absolute atomic E-state index is 0.166. The van der Waals surface area contributed by atoms with Crippen LogP contribution in [0.4, 0.5) is 0 Å². The molecule has 0 radical (unpaired) electrons. The number of benzene rings is 3. The average Bonchev–Trinajstić information content (AvgIpc) is 3.34. The summed E-state index contributed by atoms with van der Waals surface area (Å²) >= 11 is 13.4. The van der Waals surface area contributed by atoms with Gasteiger partial charge in [-0.2, -0.15) is 0 Å². The van der Waals surface area contributed by atoms with E-state index in [1.165, 1.54) is 23.0 Å². The first-order valence-electron chi connectivity index (χ1n) is 14.5. The smallest absolute Gasteiger partial charge is 0.338 e. The van der Waals surface area contributed by atoms with Gasteiger partial charge in [0.05, 0.1) is 52.8 Å². The second-order valence-corrected chi connectivity index (χ2v) is 13.6. The zero-order valence-corrected chi connectivity index (χ0v) is 31.5. The highest BCUT2D eigenvalue weighted by Gasteiger charge is 2.35. The summed E-state index contributed by atoms with van der Waals surface area (Å²) in [5, 5.41) is 0.615. The molecule has 13 heteroatoms. The summed E-state index contributed by atoms with van der Waals surface area (Å²) in [6.07, 6.45) is 1.78. The van der Waals surface area contributed by atoms with Crippen molar-refractivity contribution in [3.63, 3.8) is 0 Å². The number of rotatable bonds is 11. The summed E-state index contributed by atoms with van der Waals surface area (Å²) in [6, 6.07) is 13.9. The first kappa shape index (κ1) is 35.0. The lowest BCUT2D eigenvalue weighted by Crippen LogP contribution is -2.40. The van der Waals surface area contributed by atoms with E-state index in [0.29, 0.717) is 59.7 Å². The number of esters is 1. The number of carbonyl (C=O) groups is 1. The number of hydrogen-bond donors (Lipinski definition) is 0. The number of ether oxygens (including phenoxy) is 5. The van der Waals surface area contributed by atoms with E-state index in [9.17, 15) is 9.59 Å². The molecule has 2 heterocycles. The topological polar surface area (TPSA) is 97.6 Å². The Balaban J connectivity index is 1.63. The first-order valence-corrected chi connectivity index (χ1v) is 17.6. The quantitative estimate of drug-likeness (QED) is 0.121. The highest BCUT2D eigenvalue weighted by molar-refractivity contribution is 14.1. The van der Waals surface area contributed by atoms with Crippen LogP contribution in [0.15, 0.2) is 74.1 Å². The van der Waals surface area contributed by atoms with Gasteiger partial charge in [-0.25, -0.2) is 9.79 Å². The molecule has 1 aliphatic heterocycles. The Labute approximate surface area is 302 Å². The number of allylic oxidation sites excluding steroid dienone is 1. The van der Waals surface area contributed by atoms with Crippen molar-refractivity contribution >= 4 is 73.5 Å². The number of halogens is 3. The molecule has 1 atom stereocenters. The SMILES string of the molecule is CCOC(=O)C1=C(C)N=c2s/c(=C/c3cc(I)c(OCc4ccccc4Cl)c(OC)c3)c(=O)n2[C@@H]1c1cc(OC)c(OCC)cc1Br. The summed E-state index contributed by atoms with van der Waals surface area (Å²) < 4.78 is 32.0.